The Balaban J connectivity index is 2.78. The van der Waals surface area contributed by atoms with E-state index < -0.39 is 0 Å². The van der Waals surface area contributed by atoms with Crippen molar-refractivity contribution < 1.29 is 0 Å². The van der Waals surface area contributed by atoms with Crippen LogP contribution >= 0.6 is 7.80 Å². The summed E-state index contributed by atoms with van der Waals surface area (Å²) in [6.45, 7) is 18.8. The molecule has 2 aromatic carbocycles. The maximum atomic E-state index is 2.56. The van der Waals surface area contributed by atoms with Crippen LogP contribution in [-0.2, 0) is 0 Å². The summed E-state index contributed by atoms with van der Waals surface area (Å²) < 4.78 is 0. The highest BCUT2D eigenvalue weighted by Crippen LogP contribution is 2.41. The fraction of sp³-hybridized carbons (Fsp3) is 0.571. The molecular formula is C28H47BN2P-. The molecule has 0 atom stereocenters. The quantitative estimate of drug-likeness (QED) is 0.356. The summed E-state index contributed by atoms with van der Waals surface area (Å²) in [6, 6.07) is 10.3. The van der Waals surface area contributed by atoms with Gasteiger partial charge >= 0.3 is 0 Å². The molecule has 32 heavy (non-hydrogen) atoms. The van der Waals surface area contributed by atoms with Gasteiger partial charge in [-0.05, 0) is 53.5 Å². The second-order valence-corrected chi connectivity index (χ2v) is 11.7. The molecule has 4 heteroatoms. The Morgan fingerprint density at radius 1 is 0.531 bits per heavy atom. The van der Waals surface area contributed by atoms with Crippen molar-refractivity contribution in [1.29, 1.82) is 0 Å². The van der Waals surface area contributed by atoms with E-state index in [1.54, 1.807) is 10.6 Å². The molecule has 0 spiro atoms. The van der Waals surface area contributed by atoms with Gasteiger partial charge in [0.1, 0.15) is 0 Å². The van der Waals surface area contributed by atoms with E-state index in [9.17, 15) is 0 Å². The molecule has 2 rings (SSSR count). The number of nitrogens with zero attached hydrogens (tertiary/aromatic N) is 2. The van der Waals surface area contributed by atoms with Gasteiger partial charge < -0.3 is 9.80 Å². The van der Waals surface area contributed by atoms with Crippen molar-refractivity contribution >= 4 is 37.3 Å². The molecule has 0 amide bonds. The third kappa shape index (κ3) is 5.53. The van der Waals surface area contributed by atoms with E-state index in [1.807, 2.05) is 0 Å². The van der Waals surface area contributed by atoms with E-state index in [-0.39, 0.29) is 15.4 Å². The van der Waals surface area contributed by atoms with Crippen molar-refractivity contribution in [3.8, 4) is 0 Å². The molecule has 0 heterocycles. The van der Waals surface area contributed by atoms with Gasteiger partial charge in [-0.25, -0.2) is 7.80 Å². The van der Waals surface area contributed by atoms with Crippen molar-refractivity contribution in [2.75, 3.05) is 38.0 Å². The van der Waals surface area contributed by atoms with Crippen LogP contribution in [0.25, 0.3) is 0 Å². The maximum Gasteiger partial charge on any atom is 0.0431 e. The van der Waals surface area contributed by atoms with E-state index >= 15 is 0 Å². The fourth-order valence-electron chi connectivity index (χ4n) is 4.40. The zero-order valence-electron chi connectivity index (χ0n) is 22.0. The molecule has 0 bridgehead atoms. The van der Waals surface area contributed by atoms with Gasteiger partial charge in [0, 0.05) is 39.6 Å². The van der Waals surface area contributed by atoms with Gasteiger partial charge in [-0.2, -0.15) is 0 Å². The van der Waals surface area contributed by atoms with Crippen LogP contribution in [0.2, 0.25) is 0 Å². The Labute approximate surface area is 200 Å². The molecule has 2 nitrogen and oxygen atoms in total. The van der Waals surface area contributed by atoms with Crippen molar-refractivity contribution in [2.24, 2.45) is 0 Å². The average molecular weight is 453 g/mol. The van der Waals surface area contributed by atoms with Gasteiger partial charge in [0.25, 0.3) is 0 Å². The molecule has 2 aromatic rings. The normalized spacial score (nSPS) is 12.1. The summed E-state index contributed by atoms with van der Waals surface area (Å²) in [5.41, 5.74) is 8.94. The molecule has 0 aliphatic heterocycles. The van der Waals surface area contributed by atoms with E-state index in [0.717, 1.165) is 0 Å². The van der Waals surface area contributed by atoms with Crippen LogP contribution in [0.15, 0.2) is 24.3 Å². The first-order chi connectivity index (χ1) is 14.8. The van der Waals surface area contributed by atoms with Crippen LogP contribution in [0.1, 0.15) is 101 Å². The Morgan fingerprint density at radius 2 is 0.750 bits per heavy atom. The Kier molecular flexibility index (Phi) is 8.91. The summed E-state index contributed by atoms with van der Waals surface area (Å²) in [6.07, 6.45) is 0. The third-order valence-electron chi connectivity index (χ3n) is 5.95. The second-order valence-electron chi connectivity index (χ2n) is 10.5. The van der Waals surface area contributed by atoms with Gasteiger partial charge in [0.05, 0.1) is 0 Å². The lowest BCUT2D eigenvalue weighted by molar-refractivity contribution is 0.824. The number of hydrogen-bond donors (Lipinski definition) is 0. The predicted molar refractivity (Wildman–Crippen MR) is 154 cm³/mol. The maximum absolute atomic E-state index is 2.56. The lowest BCUT2D eigenvalue weighted by atomic mass is 9.92. The van der Waals surface area contributed by atoms with Crippen LogP contribution in [0.4, 0.5) is 11.4 Å². The van der Waals surface area contributed by atoms with E-state index in [1.165, 1.54) is 33.6 Å². The number of hydrogen-bond acceptors (Lipinski definition) is 2. The largest absolute Gasteiger partial charge is 0.377 e. The van der Waals surface area contributed by atoms with Gasteiger partial charge in [-0.15, -0.1) is 0 Å². The van der Waals surface area contributed by atoms with Gasteiger partial charge in [-0.1, -0.05) is 90.3 Å². The molecule has 0 aliphatic carbocycles. The van der Waals surface area contributed by atoms with Crippen LogP contribution < -0.4 is 20.4 Å². The molecule has 0 radical (unpaired) electrons. The highest BCUT2D eigenvalue weighted by Gasteiger charge is 2.21. The van der Waals surface area contributed by atoms with Crippen LogP contribution in [0.3, 0.4) is 0 Å². The summed E-state index contributed by atoms with van der Waals surface area (Å²) in [7, 11) is 8.76. The van der Waals surface area contributed by atoms with Crippen molar-refractivity contribution in [2.45, 2.75) is 79.1 Å². The third-order valence-corrected chi connectivity index (χ3v) is 6.98. The molecule has 0 aliphatic rings. The minimum Gasteiger partial charge on any atom is -0.377 e. The summed E-state index contributed by atoms with van der Waals surface area (Å²) in [5.74, 6) is 2.12. The zero-order valence-corrected chi connectivity index (χ0v) is 22.9. The highest BCUT2D eigenvalue weighted by molar-refractivity contribution is 7.94. The van der Waals surface area contributed by atoms with E-state index in [2.05, 4.69) is 118 Å². The summed E-state index contributed by atoms with van der Waals surface area (Å²) in [4.78, 5) is 4.66. The molecule has 0 aromatic heterocycles. The molecule has 0 saturated heterocycles. The second kappa shape index (κ2) is 10.6. The predicted octanol–water partition coefficient (Wildman–Crippen LogP) is 6.03. The number of anilines is 2. The van der Waals surface area contributed by atoms with Crippen molar-refractivity contribution in [3.05, 3.63) is 46.5 Å². The fourth-order valence-corrected chi connectivity index (χ4v) is 5.51. The monoisotopic (exact) mass is 453 g/mol. The SMILES string of the molecule is [BH3-]P(c1cc(C(C)C)c(N(C)C)c(C(C)C)c1)c1cc(C(C)C)c(N(C)C)c(C(C)C)c1. The first-order valence-electron chi connectivity index (χ1n) is 11.8. The number of benzene rings is 2. The number of rotatable bonds is 8. The van der Waals surface area contributed by atoms with Gasteiger partial charge in [0.15, 0.2) is 0 Å². The Bertz CT molecular complexity index is 796. The lowest BCUT2D eigenvalue weighted by Crippen LogP contribution is -2.22. The molecule has 178 valence electrons. The Morgan fingerprint density at radius 3 is 0.906 bits per heavy atom. The molecule has 0 saturated carbocycles. The smallest absolute Gasteiger partial charge is 0.0431 e. The zero-order chi connectivity index (χ0) is 24.5. The van der Waals surface area contributed by atoms with Crippen LogP contribution in [0.5, 0.6) is 0 Å². The summed E-state index contributed by atoms with van der Waals surface area (Å²) in [5, 5.41) is 3.22. The highest BCUT2D eigenvalue weighted by atomic mass is 31.1. The summed E-state index contributed by atoms with van der Waals surface area (Å²) >= 11 is 0. The minimum atomic E-state index is -0.185. The molecule has 0 N–H and O–H groups in total. The van der Waals surface area contributed by atoms with E-state index in [0.29, 0.717) is 23.7 Å². The van der Waals surface area contributed by atoms with Crippen molar-refractivity contribution in [3.63, 3.8) is 0 Å². The molecular weight excluding hydrogens is 406 g/mol. The van der Waals surface area contributed by atoms with Gasteiger partial charge in [-0.3, -0.25) is 0 Å². The van der Waals surface area contributed by atoms with Crippen LogP contribution in [-0.4, -0.2) is 35.8 Å². The Hall–Kier alpha value is -1.47. The molecule has 0 unspecified atom stereocenters. The van der Waals surface area contributed by atoms with E-state index in [4.69, 9.17) is 0 Å². The van der Waals surface area contributed by atoms with Crippen molar-refractivity contribution in [1.82, 2.24) is 0 Å². The standard InChI is InChI=1S/C28H47BN2P/c1-17(2)23-13-21(14-24(18(3)4)27(23)30(9)10)32(29)22-15-25(19(5)6)28(31(11)12)26(16-22)20(7)8/h13-20H,1-12,29H3/q-1. The first-order valence-corrected chi connectivity index (χ1v) is 12.7. The average Bonchev–Trinajstić information content (AvgIpc) is 2.70. The lowest BCUT2D eigenvalue weighted by Gasteiger charge is -2.32. The first kappa shape index (κ1) is 26.8. The minimum absolute atomic E-state index is 0.136. The van der Waals surface area contributed by atoms with Gasteiger partial charge in [0.2, 0.25) is 0 Å². The topological polar surface area (TPSA) is 6.48 Å². The molecule has 0 fully saturated rings. The van der Waals surface area contributed by atoms with Crippen LogP contribution in [0, 0.1) is 0 Å².